The van der Waals surface area contributed by atoms with Gasteiger partial charge in [0.1, 0.15) is 5.75 Å². The zero-order valence-corrected chi connectivity index (χ0v) is 25.3. The molecule has 4 aromatic rings. The number of hydrogen-bond acceptors (Lipinski definition) is 5. The molecule has 2 aromatic heterocycles. The van der Waals surface area contributed by atoms with E-state index in [2.05, 4.69) is 59.5 Å². The first kappa shape index (κ1) is 27.6. The van der Waals surface area contributed by atoms with Crippen LogP contribution < -0.4 is 10.1 Å². The molecule has 3 heterocycles. The summed E-state index contributed by atoms with van der Waals surface area (Å²) in [6, 6.07) is 22.4. The molecule has 8 rings (SSSR count). The van der Waals surface area contributed by atoms with Gasteiger partial charge in [0.25, 0.3) is 5.91 Å². The van der Waals surface area contributed by atoms with E-state index in [0.29, 0.717) is 36.5 Å². The molecule has 1 saturated carbocycles. The second kappa shape index (κ2) is 10.5. The summed E-state index contributed by atoms with van der Waals surface area (Å²) >= 11 is 1.80. The molecule has 1 saturated heterocycles. The van der Waals surface area contributed by atoms with Crippen molar-refractivity contribution < 1.29 is 14.3 Å². The molecule has 4 atom stereocenters. The summed E-state index contributed by atoms with van der Waals surface area (Å²) in [7, 11) is 1.60. The largest absolute Gasteiger partial charge is 0.496 e. The Morgan fingerprint density at radius 2 is 1.93 bits per heavy atom. The van der Waals surface area contributed by atoms with E-state index in [1.54, 1.807) is 30.8 Å². The van der Waals surface area contributed by atoms with Crippen LogP contribution in [0.15, 0.2) is 91.1 Å². The van der Waals surface area contributed by atoms with E-state index in [0.717, 1.165) is 18.4 Å². The number of amides is 2. The molecule has 218 valence electrons. The summed E-state index contributed by atoms with van der Waals surface area (Å²) in [5.41, 5.74) is 4.56. The fourth-order valence-electron chi connectivity index (χ4n) is 8.21. The number of carbonyl (C=O) groups is 2. The van der Waals surface area contributed by atoms with Gasteiger partial charge in [-0.05, 0) is 60.0 Å². The van der Waals surface area contributed by atoms with Crippen LogP contribution in [0.3, 0.4) is 0 Å². The molecular formula is C36H35N3O3S. The van der Waals surface area contributed by atoms with E-state index in [4.69, 9.17) is 4.74 Å². The Hall–Kier alpha value is -4.23. The van der Waals surface area contributed by atoms with Crippen molar-refractivity contribution in [1.82, 2.24) is 15.2 Å². The van der Waals surface area contributed by atoms with Gasteiger partial charge in [-0.3, -0.25) is 14.6 Å². The molecule has 7 heteroatoms. The molecule has 1 aliphatic heterocycles. The average molecular weight is 590 g/mol. The standard InChI is InChI=1S/C36H35N3O3S/c1-23-10-12-26(13-11-23)35-16-14-29(28-15-18-43-32(28)35)36(34(41)38-20-25-7-6-17-37-19-25)22-39(21-31(35)36)33(40)24(2)27-8-4-5-9-30(27)42-3/h4-13,15,17-19,29,31H,2,14,16,20-22H2,1,3H3,(H,38,41)/t29-,31?,35+,36+/m1/s1. The average Bonchev–Trinajstić information content (AvgIpc) is 3.72. The number of thiophene rings is 1. The second-order valence-electron chi connectivity index (χ2n) is 12.1. The van der Waals surface area contributed by atoms with Crippen LogP contribution in [0.25, 0.3) is 5.57 Å². The summed E-state index contributed by atoms with van der Waals surface area (Å²) in [6.07, 6.45) is 5.36. The minimum Gasteiger partial charge on any atom is -0.496 e. The number of nitrogens with one attached hydrogen (secondary N) is 1. The van der Waals surface area contributed by atoms with Gasteiger partial charge in [-0.15, -0.1) is 11.3 Å². The van der Waals surface area contributed by atoms with E-state index >= 15 is 0 Å². The van der Waals surface area contributed by atoms with Crippen LogP contribution in [0.5, 0.6) is 5.75 Å². The van der Waals surface area contributed by atoms with Crippen molar-refractivity contribution in [1.29, 1.82) is 0 Å². The van der Waals surface area contributed by atoms with Crippen LogP contribution in [0, 0.1) is 18.3 Å². The van der Waals surface area contributed by atoms with Crippen molar-refractivity contribution in [3.63, 3.8) is 0 Å². The maximum Gasteiger partial charge on any atom is 0.254 e. The highest BCUT2D eigenvalue weighted by Gasteiger charge is 2.71. The van der Waals surface area contributed by atoms with E-state index in [-0.39, 0.29) is 29.1 Å². The van der Waals surface area contributed by atoms with Crippen LogP contribution in [-0.2, 0) is 21.5 Å². The molecular weight excluding hydrogens is 554 g/mol. The summed E-state index contributed by atoms with van der Waals surface area (Å²) in [5.74, 6) is 0.408. The number of rotatable bonds is 7. The first-order valence-electron chi connectivity index (χ1n) is 14.8. The van der Waals surface area contributed by atoms with Gasteiger partial charge >= 0.3 is 0 Å². The number of aryl methyl sites for hydroxylation is 1. The maximum atomic E-state index is 14.7. The minimum absolute atomic E-state index is 0.0117. The van der Waals surface area contributed by atoms with Crippen LogP contribution in [0.4, 0.5) is 0 Å². The van der Waals surface area contributed by atoms with Crippen LogP contribution >= 0.6 is 11.3 Å². The van der Waals surface area contributed by atoms with Crippen molar-refractivity contribution in [2.75, 3.05) is 20.2 Å². The Morgan fingerprint density at radius 1 is 1.12 bits per heavy atom. The van der Waals surface area contributed by atoms with Crippen molar-refractivity contribution >= 4 is 28.7 Å². The zero-order valence-electron chi connectivity index (χ0n) is 24.5. The number of carbonyl (C=O) groups excluding carboxylic acids is 2. The number of hydrogen-bond donors (Lipinski definition) is 1. The normalized spacial score (nSPS) is 25.1. The molecule has 2 bridgehead atoms. The van der Waals surface area contributed by atoms with Crippen LogP contribution in [-0.4, -0.2) is 41.9 Å². The fourth-order valence-corrected chi connectivity index (χ4v) is 9.48. The highest BCUT2D eigenvalue weighted by Crippen LogP contribution is 2.70. The zero-order chi connectivity index (χ0) is 29.8. The third-order valence-corrected chi connectivity index (χ3v) is 11.2. The van der Waals surface area contributed by atoms with Crippen molar-refractivity contribution in [3.8, 4) is 5.75 Å². The predicted octanol–water partition coefficient (Wildman–Crippen LogP) is 6.11. The monoisotopic (exact) mass is 589 g/mol. The highest BCUT2D eigenvalue weighted by atomic mass is 32.1. The highest BCUT2D eigenvalue weighted by molar-refractivity contribution is 7.10. The van der Waals surface area contributed by atoms with Gasteiger partial charge in [-0.2, -0.15) is 0 Å². The van der Waals surface area contributed by atoms with Crippen molar-refractivity contribution in [2.24, 2.45) is 11.3 Å². The summed E-state index contributed by atoms with van der Waals surface area (Å²) in [5, 5.41) is 5.48. The van der Waals surface area contributed by atoms with Gasteiger partial charge in [0.05, 0.1) is 12.5 Å². The minimum atomic E-state index is -0.782. The van der Waals surface area contributed by atoms with E-state index in [1.165, 1.54) is 21.6 Å². The number of likely N-dealkylation sites (tertiary alicyclic amines) is 1. The summed E-state index contributed by atoms with van der Waals surface area (Å²) in [4.78, 5) is 36.5. The van der Waals surface area contributed by atoms with Crippen molar-refractivity contribution in [2.45, 2.75) is 37.6 Å². The lowest BCUT2D eigenvalue weighted by Crippen LogP contribution is -2.62. The molecule has 0 radical (unpaired) electrons. The van der Waals surface area contributed by atoms with Crippen molar-refractivity contribution in [3.05, 3.63) is 124 Å². The molecule has 2 amide bonds. The molecule has 3 aliphatic carbocycles. The lowest BCUT2D eigenvalue weighted by Gasteiger charge is -2.59. The lowest BCUT2D eigenvalue weighted by atomic mass is 9.43. The number of para-hydroxylation sites is 1. The number of fused-ring (bicyclic) bond motifs is 1. The maximum absolute atomic E-state index is 14.7. The molecule has 1 N–H and O–H groups in total. The number of methoxy groups -OCH3 is 1. The third-order valence-electron chi connectivity index (χ3n) is 10.1. The first-order chi connectivity index (χ1) is 20.9. The van der Waals surface area contributed by atoms with Crippen LogP contribution in [0.2, 0.25) is 0 Å². The Kier molecular flexibility index (Phi) is 6.73. The third kappa shape index (κ3) is 4.08. The number of aromatic nitrogens is 1. The van der Waals surface area contributed by atoms with Gasteiger partial charge in [0.15, 0.2) is 0 Å². The Balaban J connectivity index is 1.34. The molecule has 2 aromatic carbocycles. The Bertz CT molecular complexity index is 1720. The predicted molar refractivity (Wildman–Crippen MR) is 169 cm³/mol. The van der Waals surface area contributed by atoms with Gasteiger partial charge < -0.3 is 15.0 Å². The number of nitrogens with zero attached hydrogens (tertiary/aromatic N) is 2. The summed E-state index contributed by atoms with van der Waals surface area (Å²) < 4.78 is 5.57. The molecule has 2 fully saturated rings. The number of ether oxygens (including phenoxy) is 1. The van der Waals surface area contributed by atoms with Gasteiger partial charge in [-0.1, -0.05) is 60.7 Å². The molecule has 6 nitrogen and oxygen atoms in total. The summed E-state index contributed by atoms with van der Waals surface area (Å²) in [6.45, 7) is 7.55. The quantitative estimate of drug-likeness (QED) is 0.264. The SMILES string of the molecule is C=C(C(=O)N1CC2[C@@]3(c4ccc(C)cc4)CC[C@H](c4ccsc43)[C@@]2(C(=O)NCc2cccnc2)C1)c1ccccc1OC. The number of pyridine rings is 1. The Morgan fingerprint density at radius 3 is 2.70 bits per heavy atom. The van der Waals surface area contributed by atoms with Crippen LogP contribution in [0.1, 0.15) is 51.5 Å². The van der Waals surface area contributed by atoms with Gasteiger partial charge in [0.2, 0.25) is 5.91 Å². The lowest BCUT2D eigenvalue weighted by molar-refractivity contribution is -0.139. The van der Waals surface area contributed by atoms with E-state index in [1.807, 2.05) is 41.3 Å². The van der Waals surface area contributed by atoms with E-state index in [9.17, 15) is 9.59 Å². The molecule has 43 heavy (non-hydrogen) atoms. The number of benzene rings is 2. The smallest absolute Gasteiger partial charge is 0.254 e. The second-order valence-corrected chi connectivity index (χ2v) is 13.1. The van der Waals surface area contributed by atoms with Gasteiger partial charge in [0, 0.05) is 65.3 Å². The Labute approximate surface area is 256 Å². The first-order valence-corrected chi connectivity index (χ1v) is 15.7. The molecule has 1 unspecified atom stereocenters. The molecule has 0 spiro atoms. The fraction of sp³-hybridized carbons (Fsp3) is 0.306. The molecule has 4 aliphatic rings. The van der Waals surface area contributed by atoms with E-state index < -0.39 is 5.41 Å². The van der Waals surface area contributed by atoms with Gasteiger partial charge in [-0.25, -0.2) is 0 Å². The topological polar surface area (TPSA) is 71.5 Å².